The number of hydrogen-bond acceptors (Lipinski definition) is 5. The van der Waals surface area contributed by atoms with E-state index in [1.807, 2.05) is 6.92 Å². The van der Waals surface area contributed by atoms with Gasteiger partial charge in [0.2, 0.25) is 11.9 Å². The van der Waals surface area contributed by atoms with Crippen LogP contribution in [-0.2, 0) is 4.79 Å². The fourth-order valence-corrected chi connectivity index (χ4v) is 4.03. The van der Waals surface area contributed by atoms with Crippen LogP contribution >= 0.6 is 0 Å². The lowest BCUT2D eigenvalue weighted by molar-refractivity contribution is -0.121. The van der Waals surface area contributed by atoms with Crippen LogP contribution in [0.1, 0.15) is 45.4 Å². The van der Waals surface area contributed by atoms with Gasteiger partial charge in [0.1, 0.15) is 0 Å². The normalized spacial score (nSPS) is 24.4. The topological polar surface area (TPSA) is 61.4 Å². The molecule has 0 spiro atoms. The lowest BCUT2D eigenvalue weighted by atomic mass is 9.96. The van der Waals surface area contributed by atoms with E-state index in [4.69, 9.17) is 0 Å². The summed E-state index contributed by atoms with van der Waals surface area (Å²) in [4.78, 5) is 25.6. The molecule has 0 radical (unpaired) electrons. The molecule has 2 fully saturated rings. The van der Waals surface area contributed by atoms with Gasteiger partial charge in [0.15, 0.2) is 0 Å². The predicted octanol–water partition coefficient (Wildman–Crippen LogP) is 2.39. The van der Waals surface area contributed by atoms with E-state index in [2.05, 4.69) is 25.1 Å². The summed E-state index contributed by atoms with van der Waals surface area (Å²) in [6.07, 6.45) is 11.2. The summed E-state index contributed by atoms with van der Waals surface area (Å²) < 4.78 is 0. The first-order valence-electron chi connectivity index (χ1n) is 9.76. The minimum atomic E-state index is -0.143. The Balaban J connectivity index is 1.50. The van der Waals surface area contributed by atoms with E-state index >= 15 is 0 Å². The van der Waals surface area contributed by atoms with Crippen LogP contribution in [0.25, 0.3) is 0 Å². The van der Waals surface area contributed by atoms with Gasteiger partial charge in [-0.2, -0.15) is 0 Å². The number of rotatable bonds is 5. The number of piperidine rings is 1. The standard InChI is InChI=1S/C19H31N5O/c1-16(18(25)22-19-20-9-7-10-21-19)24-13-6-8-17(15-24)14-23-11-4-2-3-5-12-23/h7,9-10,16-17H,2-6,8,11-15H2,1H3,(H,20,21,22,25)/t16-,17+/m0/s1. The van der Waals surface area contributed by atoms with Gasteiger partial charge >= 0.3 is 0 Å². The molecule has 2 atom stereocenters. The van der Waals surface area contributed by atoms with Crippen LogP contribution in [0.3, 0.4) is 0 Å². The lowest BCUT2D eigenvalue weighted by Gasteiger charge is -2.38. The number of amides is 1. The van der Waals surface area contributed by atoms with Gasteiger partial charge in [-0.25, -0.2) is 9.97 Å². The molecule has 3 heterocycles. The molecule has 138 valence electrons. The molecule has 1 aromatic rings. The summed E-state index contributed by atoms with van der Waals surface area (Å²) in [5, 5.41) is 2.83. The quantitative estimate of drug-likeness (QED) is 0.888. The third-order valence-corrected chi connectivity index (χ3v) is 5.49. The first-order chi connectivity index (χ1) is 12.2. The van der Waals surface area contributed by atoms with Crippen LogP contribution in [0.5, 0.6) is 0 Å². The molecule has 0 aliphatic carbocycles. The molecule has 2 aliphatic heterocycles. The van der Waals surface area contributed by atoms with Gasteiger partial charge in [0.05, 0.1) is 6.04 Å². The molecule has 6 heteroatoms. The van der Waals surface area contributed by atoms with E-state index in [1.54, 1.807) is 18.5 Å². The van der Waals surface area contributed by atoms with Gasteiger partial charge in [0, 0.05) is 25.5 Å². The van der Waals surface area contributed by atoms with Crippen LogP contribution in [0.15, 0.2) is 18.5 Å². The second-order valence-corrected chi connectivity index (χ2v) is 7.46. The Morgan fingerprint density at radius 1 is 1.16 bits per heavy atom. The molecule has 3 rings (SSSR count). The van der Waals surface area contributed by atoms with Crippen LogP contribution in [0.2, 0.25) is 0 Å². The highest BCUT2D eigenvalue weighted by Gasteiger charge is 2.28. The Morgan fingerprint density at radius 3 is 2.60 bits per heavy atom. The first-order valence-corrected chi connectivity index (χ1v) is 9.76. The minimum Gasteiger partial charge on any atom is -0.303 e. The Hall–Kier alpha value is -1.53. The van der Waals surface area contributed by atoms with Crippen LogP contribution < -0.4 is 5.32 Å². The largest absolute Gasteiger partial charge is 0.303 e. The number of nitrogens with zero attached hydrogens (tertiary/aromatic N) is 4. The average molecular weight is 345 g/mol. The lowest BCUT2D eigenvalue weighted by Crippen LogP contribution is -2.49. The van der Waals surface area contributed by atoms with E-state index in [0.29, 0.717) is 11.9 Å². The van der Waals surface area contributed by atoms with E-state index in [9.17, 15) is 4.79 Å². The van der Waals surface area contributed by atoms with Crippen molar-refractivity contribution in [3.63, 3.8) is 0 Å². The highest BCUT2D eigenvalue weighted by Crippen LogP contribution is 2.21. The maximum Gasteiger partial charge on any atom is 0.243 e. The van der Waals surface area contributed by atoms with Crippen molar-refractivity contribution < 1.29 is 4.79 Å². The molecule has 1 aromatic heterocycles. The number of aromatic nitrogens is 2. The van der Waals surface area contributed by atoms with Crippen LogP contribution in [-0.4, -0.2) is 64.4 Å². The number of carbonyl (C=O) groups excluding carboxylic acids is 1. The highest BCUT2D eigenvalue weighted by atomic mass is 16.2. The zero-order chi connectivity index (χ0) is 17.5. The summed E-state index contributed by atoms with van der Waals surface area (Å²) in [5.74, 6) is 1.05. The Labute approximate surface area is 151 Å². The molecular weight excluding hydrogens is 314 g/mol. The Morgan fingerprint density at radius 2 is 1.88 bits per heavy atom. The molecule has 1 N–H and O–H groups in total. The van der Waals surface area contributed by atoms with E-state index < -0.39 is 0 Å². The number of nitrogens with one attached hydrogen (secondary N) is 1. The fourth-order valence-electron chi connectivity index (χ4n) is 4.03. The molecule has 2 aliphatic rings. The summed E-state index contributed by atoms with van der Waals surface area (Å²) in [6, 6.07) is 1.60. The smallest absolute Gasteiger partial charge is 0.243 e. The fraction of sp³-hybridized carbons (Fsp3) is 0.737. The highest BCUT2D eigenvalue weighted by molar-refractivity contribution is 5.93. The van der Waals surface area contributed by atoms with Crippen LogP contribution in [0, 0.1) is 5.92 Å². The van der Waals surface area contributed by atoms with Crippen molar-refractivity contribution >= 4 is 11.9 Å². The van der Waals surface area contributed by atoms with Crippen molar-refractivity contribution in [3.05, 3.63) is 18.5 Å². The zero-order valence-electron chi connectivity index (χ0n) is 15.4. The molecular formula is C19H31N5O. The Bertz CT molecular complexity index is 530. The maximum absolute atomic E-state index is 12.5. The number of hydrogen-bond donors (Lipinski definition) is 1. The van der Waals surface area contributed by atoms with E-state index in [0.717, 1.165) is 13.1 Å². The molecule has 0 aromatic carbocycles. The summed E-state index contributed by atoms with van der Waals surface area (Å²) in [7, 11) is 0. The van der Waals surface area contributed by atoms with Crippen LogP contribution in [0.4, 0.5) is 5.95 Å². The van der Waals surface area contributed by atoms with Crippen molar-refractivity contribution in [3.8, 4) is 0 Å². The first kappa shape index (κ1) is 18.3. The SMILES string of the molecule is C[C@@H](C(=O)Nc1ncccn1)N1CCC[C@H](CN2CCCCCC2)C1. The van der Waals surface area contributed by atoms with Gasteiger partial charge < -0.3 is 4.90 Å². The monoisotopic (exact) mass is 345 g/mol. The van der Waals surface area contributed by atoms with Gasteiger partial charge in [0.25, 0.3) is 0 Å². The maximum atomic E-state index is 12.5. The molecule has 0 saturated carbocycles. The van der Waals surface area contributed by atoms with Crippen molar-refractivity contribution in [1.29, 1.82) is 0 Å². The molecule has 1 amide bonds. The van der Waals surface area contributed by atoms with Gasteiger partial charge in [-0.15, -0.1) is 0 Å². The number of anilines is 1. The second-order valence-electron chi connectivity index (χ2n) is 7.46. The van der Waals surface area contributed by atoms with Gasteiger partial charge in [-0.3, -0.25) is 15.0 Å². The number of carbonyl (C=O) groups is 1. The van der Waals surface area contributed by atoms with Crippen molar-refractivity contribution in [2.75, 3.05) is 38.0 Å². The van der Waals surface area contributed by atoms with Crippen molar-refractivity contribution in [2.24, 2.45) is 5.92 Å². The third-order valence-electron chi connectivity index (χ3n) is 5.49. The van der Waals surface area contributed by atoms with Crippen molar-refractivity contribution in [1.82, 2.24) is 19.8 Å². The van der Waals surface area contributed by atoms with E-state index in [-0.39, 0.29) is 11.9 Å². The second kappa shape index (κ2) is 9.25. The van der Waals surface area contributed by atoms with Gasteiger partial charge in [-0.05, 0) is 64.2 Å². The zero-order valence-corrected chi connectivity index (χ0v) is 15.4. The van der Waals surface area contributed by atoms with Gasteiger partial charge in [-0.1, -0.05) is 12.8 Å². The average Bonchev–Trinajstić information content (AvgIpc) is 2.91. The number of likely N-dealkylation sites (tertiary alicyclic amines) is 2. The van der Waals surface area contributed by atoms with Crippen molar-refractivity contribution in [2.45, 2.75) is 51.5 Å². The van der Waals surface area contributed by atoms with E-state index in [1.165, 1.54) is 58.2 Å². The summed E-state index contributed by atoms with van der Waals surface area (Å²) in [5.41, 5.74) is 0. The summed E-state index contributed by atoms with van der Waals surface area (Å²) in [6.45, 7) is 7.69. The molecule has 0 unspecified atom stereocenters. The summed E-state index contributed by atoms with van der Waals surface area (Å²) >= 11 is 0. The predicted molar refractivity (Wildman–Crippen MR) is 99.3 cm³/mol. The molecule has 2 saturated heterocycles. The third kappa shape index (κ3) is 5.47. The minimum absolute atomic E-state index is 0.0124. The molecule has 25 heavy (non-hydrogen) atoms. The molecule has 0 bridgehead atoms. The Kier molecular flexibility index (Phi) is 6.76. The molecule has 6 nitrogen and oxygen atoms in total.